The van der Waals surface area contributed by atoms with Gasteiger partial charge in [0, 0.05) is 24.0 Å². The molecule has 1 amide bonds. The Morgan fingerprint density at radius 3 is 2.59 bits per heavy atom. The van der Waals surface area contributed by atoms with Crippen LogP contribution in [0.1, 0.15) is 78.1 Å². The zero-order valence-electron chi connectivity index (χ0n) is 20.2. The zero-order valence-corrected chi connectivity index (χ0v) is 21.1. The number of ether oxygens (including phenoxy) is 1. The molecule has 4 rings (SSSR count). The van der Waals surface area contributed by atoms with E-state index in [1.807, 2.05) is 6.08 Å². The predicted molar refractivity (Wildman–Crippen MR) is 129 cm³/mol. The van der Waals surface area contributed by atoms with Crippen LogP contribution in [0.3, 0.4) is 0 Å². The Morgan fingerprint density at radius 2 is 1.88 bits per heavy atom. The third-order valence-electron chi connectivity index (χ3n) is 9.52. The van der Waals surface area contributed by atoms with Crippen molar-refractivity contribution in [2.75, 3.05) is 5.75 Å². The van der Waals surface area contributed by atoms with Crippen LogP contribution < -0.4 is 5.32 Å². The van der Waals surface area contributed by atoms with E-state index in [1.165, 1.54) is 5.57 Å². The highest BCUT2D eigenvalue weighted by atomic mass is 32.1. The molecular formula is C26H37NO6S. The lowest BCUT2D eigenvalue weighted by molar-refractivity contribution is -0.160. The zero-order chi connectivity index (χ0) is 24.7. The van der Waals surface area contributed by atoms with Crippen molar-refractivity contribution in [1.29, 1.82) is 0 Å². The molecule has 3 fully saturated rings. The van der Waals surface area contributed by atoms with Crippen molar-refractivity contribution < 1.29 is 29.0 Å². The molecule has 2 N–H and O–H groups in total. The van der Waals surface area contributed by atoms with Gasteiger partial charge in [0.1, 0.15) is 12.1 Å². The predicted octanol–water partition coefficient (Wildman–Crippen LogP) is 3.71. The summed E-state index contributed by atoms with van der Waals surface area (Å²) in [6, 6.07) is -1.06. The number of allylic oxidation sites excluding steroid dienone is 1. The van der Waals surface area contributed by atoms with Crippen molar-refractivity contribution >= 4 is 36.3 Å². The summed E-state index contributed by atoms with van der Waals surface area (Å²) in [6.07, 6.45) is 9.34. The van der Waals surface area contributed by atoms with Gasteiger partial charge in [0.05, 0.1) is 6.42 Å². The number of carbonyl (C=O) groups is 4. The van der Waals surface area contributed by atoms with Crippen molar-refractivity contribution in [3.8, 4) is 0 Å². The summed E-state index contributed by atoms with van der Waals surface area (Å²) < 4.78 is 5.93. The molecule has 34 heavy (non-hydrogen) atoms. The molecule has 188 valence electrons. The maximum Gasteiger partial charge on any atom is 0.327 e. The maximum atomic E-state index is 12.6. The number of rotatable bonds is 7. The first-order valence-corrected chi connectivity index (χ1v) is 13.3. The Morgan fingerprint density at radius 1 is 1.12 bits per heavy atom. The summed E-state index contributed by atoms with van der Waals surface area (Å²) in [4.78, 5) is 47.7. The SMILES string of the molecule is CC12CCC(=O)C=C1CCC1C2CCC2(C)C(OC(=O)CCC(=O)NC(CS)C(=O)O)CCC12. The number of carboxylic acids is 1. The third-order valence-corrected chi connectivity index (χ3v) is 9.89. The molecule has 0 heterocycles. The Kier molecular flexibility index (Phi) is 7.19. The summed E-state index contributed by atoms with van der Waals surface area (Å²) in [5.41, 5.74) is 1.43. The van der Waals surface area contributed by atoms with E-state index >= 15 is 0 Å². The first kappa shape index (κ1) is 25.3. The van der Waals surface area contributed by atoms with Crippen LogP contribution in [0.15, 0.2) is 11.6 Å². The lowest BCUT2D eigenvalue weighted by atomic mass is 9.47. The number of ketones is 1. The molecule has 4 aliphatic carbocycles. The van der Waals surface area contributed by atoms with Gasteiger partial charge in [0.15, 0.2) is 5.78 Å². The standard InChI is InChI=1S/C26H37NO6S/c1-25-11-9-16(28)13-15(25)3-4-17-18-5-6-21(26(18,2)12-10-19(17)25)33-23(30)8-7-22(29)27-20(14-34)24(31)32/h13,17-21,34H,3-12,14H2,1-2H3,(H,27,29)(H,31,32). The fourth-order valence-electron chi connectivity index (χ4n) is 7.59. The van der Waals surface area contributed by atoms with Gasteiger partial charge in [-0.15, -0.1) is 0 Å². The monoisotopic (exact) mass is 491 g/mol. The van der Waals surface area contributed by atoms with Gasteiger partial charge in [0.25, 0.3) is 0 Å². The number of nitrogens with one attached hydrogen (secondary N) is 1. The maximum absolute atomic E-state index is 12.6. The molecule has 0 aromatic carbocycles. The lowest BCUT2D eigenvalue weighted by Gasteiger charge is -2.57. The second kappa shape index (κ2) is 9.67. The summed E-state index contributed by atoms with van der Waals surface area (Å²) in [7, 11) is 0. The second-order valence-corrected chi connectivity index (χ2v) is 11.6. The minimum Gasteiger partial charge on any atom is -0.480 e. The van der Waals surface area contributed by atoms with Crippen molar-refractivity contribution in [2.24, 2.45) is 28.6 Å². The number of carbonyl (C=O) groups excluding carboxylic acids is 3. The highest BCUT2D eigenvalue weighted by molar-refractivity contribution is 7.80. The molecule has 7 atom stereocenters. The Bertz CT molecular complexity index is 902. The van der Waals surface area contributed by atoms with Crippen LogP contribution in [0, 0.1) is 28.6 Å². The van der Waals surface area contributed by atoms with Crippen LogP contribution >= 0.6 is 12.6 Å². The van der Waals surface area contributed by atoms with E-state index in [0.717, 1.165) is 44.9 Å². The minimum absolute atomic E-state index is 0.0118. The van der Waals surface area contributed by atoms with Crippen LogP contribution in [-0.2, 0) is 23.9 Å². The number of hydrogen-bond acceptors (Lipinski definition) is 6. The molecule has 4 aliphatic rings. The number of amides is 1. The van der Waals surface area contributed by atoms with Gasteiger partial charge >= 0.3 is 11.9 Å². The van der Waals surface area contributed by atoms with Crippen molar-refractivity contribution in [3.63, 3.8) is 0 Å². The average molecular weight is 492 g/mol. The smallest absolute Gasteiger partial charge is 0.327 e. The molecule has 3 saturated carbocycles. The molecule has 0 aliphatic heterocycles. The van der Waals surface area contributed by atoms with E-state index in [9.17, 15) is 19.2 Å². The Balaban J connectivity index is 1.35. The van der Waals surface area contributed by atoms with E-state index in [-0.39, 0.29) is 41.3 Å². The third kappa shape index (κ3) is 4.54. The molecule has 7 unspecified atom stereocenters. The number of carboxylic acid groups (broad SMARTS) is 1. The summed E-state index contributed by atoms with van der Waals surface area (Å²) in [5.74, 6) is -0.0724. The molecule has 0 saturated heterocycles. The lowest BCUT2D eigenvalue weighted by Crippen LogP contribution is -2.51. The Labute approximate surface area is 206 Å². The molecule has 0 aromatic heterocycles. The molecule has 0 spiro atoms. The molecular weight excluding hydrogens is 454 g/mol. The topological polar surface area (TPSA) is 110 Å². The van der Waals surface area contributed by atoms with Gasteiger partial charge < -0.3 is 15.2 Å². The fourth-order valence-corrected chi connectivity index (χ4v) is 7.84. The summed E-state index contributed by atoms with van der Waals surface area (Å²) >= 11 is 3.93. The highest BCUT2D eigenvalue weighted by Gasteiger charge is 2.59. The van der Waals surface area contributed by atoms with E-state index < -0.39 is 23.9 Å². The van der Waals surface area contributed by atoms with Crippen molar-refractivity contribution in [3.05, 3.63) is 11.6 Å². The van der Waals surface area contributed by atoms with Gasteiger partial charge in [-0.25, -0.2) is 4.79 Å². The number of esters is 1. The number of fused-ring (bicyclic) bond motifs is 5. The molecule has 0 radical (unpaired) electrons. The average Bonchev–Trinajstić information content (AvgIpc) is 3.12. The van der Waals surface area contributed by atoms with Crippen LogP contribution in [-0.4, -0.2) is 46.6 Å². The first-order valence-electron chi connectivity index (χ1n) is 12.6. The number of aliphatic carboxylic acids is 1. The van der Waals surface area contributed by atoms with Gasteiger partial charge in [-0.05, 0) is 74.2 Å². The normalized spacial score (nSPS) is 37.5. The van der Waals surface area contributed by atoms with Crippen LogP contribution in [0.5, 0.6) is 0 Å². The van der Waals surface area contributed by atoms with Gasteiger partial charge in [-0.3, -0.25) is 14.4 Å². The van der Waals surface area contributed by atoms with Crippen LogP contribution in [0.2, 0.25) is 0 Å². The molecule has 0 bridgehead atoms. The highest BCUT2D eigenvalue weighted by Crippen LogP contribution is 2.65. The van der Waals surface area contributed by atoms with E-state index in [1.54, 1.807) is 0 Å². The largest absolute Gasteiger partial charge is 0.480 e. The Hall–Kier alpha value is -1.83. The summed E-state index contributed by atoms with van der Waals surface area (Å²) in [5, 5.41) is 11.4. The van der Waals surface area contributed by atoms with E-state index in [2.05, 4.69) is 31.8 Å². The number of thiol groups is 1. The van der Waals surface area contributed by atoms with Gasteiger partial charge in [-0.2, -0.15) is 12.6 Å². The second-order valence-electron chi connectivity index (χ2n) is 11.2. The molecule has 8 heteroatoms. The van der Waals surface area contributed by atoms with Crippen LogP contribution in [0.4, 0.5) is 0 Å². The fraction of sp³-hybridized carbons (Fsp3) is 0.769. The van der Waals surface area contributed by atoms with Crippen molar-refractivity contribution in [2.45, 2.75) is 90.2 Å². The van der Waals surface area contributed by atoms with Crippen molar-refractivity contribution in [1.82, 2.24) is 5.32 Å². The van der Waals surface area contributed by atoms with E-state index in [0.29, 0.717) is 24.2 Å². The minimum atomic E-state index is -1.15. The molecule has 0 aromatic rings. The summed E-state index contributed by atoms with van der Waals surface area (Å²) in [6.45, 7) is 4.64. The first-order chi connectivity index (χ1) is 16.1. The van der Waals surface area contributed by atoms with E-state index in [4.69, 9.17) is 9.84 Å². The quantitative estimate of drug-likeness (QED) is 0.370. The van der Waals surface area contributed by atoms with Gasteiger partial charge in [0.2, 0.25) is 5.91 Å². The molecule has 7 nitrogen and oxygen atoms in total. The van der Waals surface area contributed by atoms with Crippen LogP contribution in [0.25, 0.3) is 0 Å². The number of hydrogen-bond donors (Lipinski definition) is 3. The van der Waals surface area contributed by atoms with Gasteiger partial charge in [-0.1, -0.05) is 19.4 Å².